The van der Waals surface area contributed by atoms with E-state index in [-0.39, 0.29) is 6.10 Å². The van der Waals surface area contributed by atoms with Crippen molar-refractivity contribution in [3.05, 3.63) is 35.9 Å². The van der Waals surface area contributed by atoms with Gasteiger partial charge in [0.15, 0.2) is 0 Å². The Morgan fingerprint density at radius 2 is 1.90 bits per heavy atom. The second-order valence-electron chi connectivity index (χ2n) is 5.12. The highest BCUT2D eigenvalue weighted by atomic mass is 32.1. The number of nitrogens with zero attached hydrogens (tertiary/aromatic N) is 1. The van der Waals surface area contributed by atoms with Gasteiger partial charge in [-0.15, -0.1) is 0 Å². The Balaban J connectivity index is 2.25. The number of hydrogen-bond acceptors (Lipinski definition) is 2. The predicted molar refractivity (Wildman–Crippen MR) is 90.1 cm³/mol. The number of unbranched alkanes of at least 4 members (excludes halogenated alkanes) is 1. The van der Waals surface area contributed by atoms with E-state index in [1.807, 2.05) is 0 Å². The molecule has 0 aliphatic rings. The Kier molecular flexibility index (Phi) is 8.28. The summed E-state index contributed by atoms with van der Waals surface area (Å²) in [4.78, 5) is 2.16. The molecule has 0 saturated carbocycles. The maximum absolute atomic E-state index is 5.73. The van der Waals surface area contributed by atoms with Crippen LogP contribution in [0.2, 0.25) is 0 Å². The van der Waals surface area contributed by atoms with Crippen LogP contribution in [-0.4, -0.2) is 29.3 Å². The molecule has 1 aromatic rings. The van der Waals surface area contributed by atoms with Crippen LogP contribution in [-0.2, 0) is 11.2 Å². The monoisotopic (exact) mass is 293 g/mol. The molecule has 0 bridgehead atoms. The fourth-order valence-corrected chi connectivity index (χ4v) is 2.37. The fourth-order valence-electron chi connectivity index (χ4n) is 1.98. The van der Waals surface area contributed by atoms with Crippen LogP contribution >= 0.6 is 12.2 Å². The van der Waals surface area contributed by atoms with E-state index in [0.29, 0.717) is 5.17 Å². The Hall–Kier alpha value is -1.09. The van der Waals surface area contributed by atoms with E-state index in [4.69, 9.17) is 17.0 Å². The van der Waals surface area contributed by atoms with Gasteiger partial charge >= 0.3 is 0 Å². The highest BCUT2D eigenvalue weighted by Crippen LogP contribution is 2.07. The van der Waals surface area contributed by atoms with Crippen LogP contribution in [0.3, 0.4) is 0 Å². The highest BCUT2D eigenvalue weighted by molar-refractivity contribution is 7.80. The van der Waals surface area contributed by atoms with Crippen molar-refractivity contribution in [2.75, 3.05) is 13.1 Å². The van der Waals surface area contributed by atoms with E-state index in [1.165, 1.54) is 12.0 Å². The van der Waals surface area contributed by atoms with E-state index in [9.17, 15) is 0 Å². The van der Waals surface area contributed by atoms with Crippen molar-refractivity contribution in [2.24, 2.45) is 0 Å². The minimum absolute atomic E-state index is 0.209. The molecule has 0 heterocycles. The minimum atomic E-state index is 0.209. The Morgan fingerprint density at radius 1 is 1.20 bits per heavy atom. The van der Waals surface area contributed by atoms with Crippen LogP contribution in [0.25, 0.3) is 0 Å². The summed E-state index contributed by atoms with van der Waals surface area (Å²) < 4.78 is 5.73. The summed E-state index contributed by atoms with van der Waals surface area (Å²) in [7, 11) is 0. The lowest BCUT2D eigenvalue weighted by atomic mass is 10.1. The van der Waals surface area contributed by atoms with Crippen LogP contribution in [0.5, 0.6) is 0 Å². The van der Waals surface area contributed by atoms with Crippen LogP contribution < -0.4 is 0 Å². The summed E-state index contributed by atoms with van der Waals surface area (Å²) in [5, 5.41) is 0.654. The standard InChI is InChI=1S/C17H27NOS/c1-4-15(3)19-17(20)18(5-2)14-10-9-13-16-11-7-6-8-12-16/h6-8,11-12,15H,4-5,9-10,13-14H2,1-3H3. The Bertz CT molecular complexity index is 380. The van der Waals surface area contributed by atoms with Gasteiger partial charge in [0, 0.05) is 13.1 Å². The molecule has 0 fully saturated rings. The van der Waals surface area contributed by atoms with Crippen molar-refractivity contribution in [1.82, 2.24) is 4.90 Å². The smallest absolute Gasteiger partial charge is 0.259 e. The minimum Gasteiger partial charge on any atom is -0.468 e. The van der Waals surface area contributed by atoms with Crippen molar-refractivity contribution >= 4 is 17.4 Å². The molecule has 0 saturated heterocycles. The topological polar surface area (TPSA) is 12.5 Å². The molecule has 0 spiro atoms. The molecule has 3 heteroatoms. The first-order valence-corrected chi connectivity index (χ1v) is 8.07. The molecule has 1 atom stereocenters. The predicted octanol–water partition coefficient (Wildman–Crippen LogP) is 4.43. The molecule has 20 heavy (non-hydrogen) atoms. The first-order chi connectivity index (χ1) is 9.67. The third-order valence-electron chi connectivity index (χ3n) is 3.50. The number of aryl methyl sites for hydroxylation is 1. The number of ether oxygens (including phenoxy) is 1. The summed E-state index contributed by atoms with van der Waals surface area (Å²) in [6.45, 7) is 8.21. The fraction of sp³-hybridized carbons (Fsp3) is 0.588. The van der Waals surface area contributed by atoms with Gasteiger partial charge in [-0.3, -0.25) is 0 Å². The average Bonchev–Trinajstić information content (AvgIpc) is 2.48. The third kappa shape index (κ3) is 6.38. The summed E-state index contributed by atoms with van der Waals surface area (Å²) in [5.74, 6) is 0. The lowest BCUT2D eigenvalue weighted by Gasteiger charge is -2.25. The number of benzene rings is 1. The summed E-state index contributed by atoms with van der Waals surface area (Å²) in [6, 6.07) is 10.6. The van der Waals surface area contributed by atoms with E-state index in [1.54, 1.807) is 0 Å². The molecule has 0 amide bonds. The van der Waals surface area contributed by atoms with Gasteiger partial charge in [-0.05, 0) is 57.3 Å². The van der Waals surface area contributed by atoms with Gasteiger partial charge in [0.2, 0.25) is 0 Å². The molecule has 112 valence electrons. The summed E-state index contributed by atoms with van der Waals surface area (Å²) >= 11 is 5.36. The van der Waals surface area contributed by atoms with Crippen LogP contribution in [0.15, 0.2) is 30.3 Å². The summed E-state index contributed by atoms with van der Waals surface area (Å²) in [6.07, 6.45) is 4.67. The van der Waals surface area contributed by atoms with Gasteiger partial charge in [-0.1, -0.05) is 37.3 Å². The average molecular weight is 293 g/mol. The molecule has 0 aromatic heterocycles. The van der Waals surface area contributed by atoms with Gasteiger partial charge in [-0.2, -0.15) is 0 Å². The van der Waals surface area contributed by atoms with E-state index in [2.05, 4.69) is 56.0 Å². The molecule has 0 radical (unpaired) electrons. The molecular formula is C17H27NOS. The van der Waals surface area contributed by atoms with Crippen LogP contribution in [0, 0.1) is 0 Å². The SMILES string of the molecule is CCC(C)OC(=S)N(CC)CCCCc1ccccc1. The normalized spacial score (nSPS) is 11.9. The zero-order chi connectivity index (χ0) is 14.8. The molecule has 1 rings (SSSR count). The van der Waals surface area contributed by atoms with Gasteiger partial charge in [0.1, 0.15) is 0 Å². The number of thiocarbonyl (C=S) groups is 1. The third-order valence-corrected chi connectivity index (χ3v) is 3.86. The Morgan fingerprint density at radius 3 is 2.50 bits per heavy atom. The molecule has 2 nitrogen and oxygen atoms in total. The van der Waals surface area contributed by atoms with Crippen molar-refractivity contribution in [2.45, 2.75) is 52.6 Å². The lowest BCUT2D eigenvalue weighted by molar-refractivity contribution is 0.169. The largest absolute Gasteiger partial charge is 0.468 e. The van der Waals surface area contributed by atoms with Crippen molar-refractivity contribution in [1.29, 1.82) is 0 Å². The number of hydrogen-bond donors (Lipinski definition) is 0. The Labute approximate surface area is 129 Å². The van der Waals surface area contributed by atoms with Gasteiger partial charge in [0.25, 0.3) is 5.17 Å². The lowest BCUT2D eigenvalue weighted by Crippen LogP contribution is -2.34. The van der Waals surface area contributed by atoms with Crippen LogP contribution in [0.1, 0.15) is 45.6 Å². The maximum Gasteiger partial charge on any atom is 0.259 e. The maximum atomic E-state index is 5.73. The second kappa shape index (κ2) is 9.76. The second-order valence-corrected chi connectivity index (χ2v) is 5.47. The van der Waals surface area contributed by atoms with Gasteiger partial charge in [0.05, 0.1) is 6.10 Å². The zero-order valence-electron chi connectivity index (χ0n) is 13.0. The first kappa shape index (κ1) is 17.0. The van der Waals surface area contributed by atoms with Gasteiger partial charge < -0.3 is 9.64 Å². The van der Waals surface area contributed by atoms with Crippen LogP contribution in [0.4, 0.5) is 0 Å². The van der Waals surface area contributed by atoms with E-state index >= 15 is 0 Å². The van der Waals surface area contributed by atoms with Crippen molar-refractivity contribution in [3.8, 4) is 0 Å². The molecule has 1 unspecified atom stereocenters. The summed E-state index contributed by atoms with van der Waals surface area (Å²) in [5.41, 5.74) is 1.41. The van der Waals surface area contributed by atoms with Crippen molar-refractivity contribution < 1.29 is 4.74 Å². The number of rotatable bonds is 8. The zero-order valence-corrected chi connectivity index (χ0v) is 13.8. The van der Waals surface area contributed by atoms with E-state index < -0.39 is 0 Å². The van der Waals surface area contributed by atoms with Crippen molar-refractivity contribution in [3.63, 3.8) is 0 Å². The molecule has 0 aliphatic carbocycles. The molecule has 0 N–H and O–H groups in total. The molecule has 0 aliphatic heterocycles. The molecule has 1 aromatic carbocycles. The van der Waals surface area contributed by atoms with E-state index in [0.717, 1.165) is 32.4 Å². The highest BCUT2D eigenvalue weighted by Gasteiger charge is 2.11. The van der Waals surface area contributed by atoms with Gasteiger partial charge in [-0.25, -0.2) is 0 Å². The first-order valence-electron chi connectivity index (χ1n) is 7.66. The quantitative estimate of drug-likeness (QED) is 0.519. The molecular weight excluding hydrogens is 266 g/mol.